The van der Waals surface area contributed by atoms with Crippen molar-refractivity contribution in [3.05, 3.63) is 24.2 Å². The largest absolute Gasteiger partial charge is 0.478 e. The molecule has 2 N–H and O–H groups in total. The van der Waals surface area contributed by atoms with E-state index in [1.165, 1.54) is 18.3 Å². The van der Waals surface area contributed by atoms with E-state index in [0.29, 0.717) is 0 Å². The molecule has 0 aliphatic heterocycles. The highest BCUT2D eigenvalue weighted by molar-refractivity contribution is 5.85. The summed E-state index contributed by atoms with van der Waals surface area (Å²) in [5, 5.41) is 10.9. The molecule has 0 aliphatic rings. The number of rotatable bonds is 3. The highest BCUT2D eigenvalue weighted by atomic mass is 16.6. The highest BCUT2D eigenvalue weighted by Gasteiger charge is 2.16. The van der Waals surface area contributed by atoms with Gasteiger partial charge in [-0.25, -0.2) is 19.6 Å². The lowest BCUT2D eigenvalue weighted by Gasteiger charge is -2.19. The van der Waals surface area contributed by atoms with E-state index < -0.39 is 17.7 Å². The number of hydrogen-bond acceptors (Lipinski definition) is 5. The Kier molecular flexibility index (Phi) is 4.57. The first-order chi connectivity index (χ1) is 8.76. The fraction of sp³-hybridized carbons (Fsp3) is 0.333. The van der Waals surface area contributed by atoms with Crippen LogP contribution in [0, 0.1) is 0 Å². The molecule has 0 aromatic carbocycles. The number of nitrogens with zero attached hydrogens (tertiary/aromatic N) is 2. The molecule has 0 radical (unpaired) electrons. The maximum atomic E-state index is 11.5. The molecule has 102 valence electrons. The first-order valence-electron chi connectivity index (χ1n) is 5.50. The molecule has 19 heavy (non-hydrogen) atoms. The molecular formula is C12H15N3O4. The minimum absolute atomic E-state index is 0.177. The van der Waals surface area contributed by atoms with E-state index in [4.69, 9.17) is 9.84 Å². The first kappa shape index (κ1) is 14.6. The van der Waals surface area contributed by atoms with Gasteiger partial charge in [0.25, 0.3) is 0 Å². The second-order valence-corrected chi connectivity index (χ2v) is 4.60. The van der Waals surface area contributed by atoms with Crippen molar-refractivity contribution >= 4 is 24.0 Å². The van der Waals surface area contributed by atoms with Gasteiger partial charge in [0.15, 0.2) is 5.82 Å². The number of amides is 1. The fourth-order valence-corrected chi connectivity index (χ4v) is 1.08. The van der Waals surface area contributed by atoms with Crippen molar-refractivity contribution < 1.29 is 19.4 Å². The van der Waals surface area contributed by atoms with E-state index in [1.807, 2.05) is 0 Å². The second kappa shape index (κ2) is 5.94. The summed E-state index contributed by atoms with van der Waals surface area (Å²) >= 11 is 0. The number of carboxylic acid groups (broad SMARTS) is 1. The van der Waals surface area contributed by atoms with Gasteiger partial charge in [-0.05, 0) is 32.9 Å². The average molecular weight is 265 g/mol. The molecule has 0 aliphatic carbocycles. The molecule has 1 aromatic heterocycles. The van der Waals surface area contributed by atoms with E-state index in [2.05, 4.69) is 15.3 Å². The molecule has 0 saturated carbocycles. The van der Waals surface area contributed by atoms with Gasteiger partial charge in [-0.3, -0.25) is 5.32 Å². The Hall–Kier alpha value is -2.44. The summed E-state index contributed by atoms with van der Waals surface area (Å²) in [7, 11) is 0. The molecule has 7 nitrogen and oxygen atoms in total. The lowest BCUT2D eigenvalue weighted by atomic mass is 10.2. The Labute approximate surface area is 110 Å². The highest BCUT2D eigenvalue weighted by Crippen LogP contribution is 2.10. The SMILES string of the molecule is CC(C)(C)OC(=O)Nc1ccnc(C=CC(=O)O)n1. The molecule has 0 fully saturated rings. The van der Waals surface area contributed by atoms with Crippen LogP contribution in [0.5, 0.6) is 0 Å². The fourth-order valence-electron chi connectivity index (χ4n) is 1.08. The van der Waals surface area contributed by atoms with Gasteiger partial charge in [0.2, 0.25) is 0 Å². The maximum Gasteiger partial charge on any atom is 0.413 e. The monoisotopic (exact) mass is 265 g/mol. The third-order valence-electron chi connectivity index (χ3n) is 1.68. The number of carbonyl (C=O) groups is 2. The van der Waals surface area contributed by atoms with Crippen molar-refractivity contribution in [1.29, 1.82) is 0 Å². The van der Waals surface area contributed by atoms with Crippen molar-refractivity contribution in [3.63, 3.8) is 0 Å². The minimum atomic E-state index is -1.10. The molecule has 1 heterocycles. The number of carboxylic acids is 1. The predicted octanol–water partition coefficient (Wildman–Crippen LogP) is 1.92. The van der Waals surface area contributed by atoms with Crippen LogP contribution in [0.1, 0.15) is 26.6 Å². The van der Waals surface area contributed by atoms with Gasteiger partial charge in [0, 0.05) is 12.3 Å². The van der Waals surface area contributed by atoms with Crippen molar-refractivity contribution in [1.82, 2.24) is 9.97 Å². The van der Waals surface area contributed by atoms with E-state index in [0.717, 1.165) is 6.08 Å². The Morgan fingerprint density at radius 2 is 2.11 bits per heavy atom. The van der Waals surface area contributed by atoms with Crippen LogP contribution in [0.25, 0.3) is 6.08 Å². The maximum absolute atomic E-state index is 11.5. The summed E-state index contributed by atoms with van der Waals surface area (Å²) < 4.78 is 5.06. The molecule has 0 atom stereocenters. The normalized spacial score (nSPS) is 11.3. The quantitative estimate of drug-likeness (QED) is 0.809. The molecular weight excluding hydrogens is 250 g/mol. The van der Waals surface area contributed by atoms with E-state index >= 15 is 0 Å². The molecule has 1 aromatic rings. The van der Waals surface area contributed by atoms with Gasteiger partial charge in [-0.2, -0.15) is 0 Å². The molecule has 0 spiro atoms. The van der Waals surface area contributed by atoms with Gasteiger partial charge in [-0.1, -0.05) is 0 Å². The van der Waals surface area contributed by atoms with Gasteiger partial charge < -0.3 is 9.84 Å². The number of ether oxygens (including phenoxy) is 1. The van der Waals surface area contributed by atoms with Crippen LogP contribution in [0.2, 0.25) is 0 Å². The number of nitrogens with one attached hydrogen (secondary N) is 1. The molecule has 0 bridgehead atoms. The number of anilines is 1. The third kappa shape index (κ3) is 6.16. The Morgan fingerprint density at radius 3 is 2.68 bits per heavy atom. The number of aliphatic carboxylic acids is 1. The van der Waals surface area contributed by atoms with Crippen LogP contribution in [0.4, 0.5) is 10.6 Å². The Bertz CT molecular complexity index is 506. The molecule has 1 rings (SSSR count). The van der Waals surface area contributed by atoms with E-state index in [-0.39, 0.29) is 11.6 Å². The number of aromatic nitrogens is 2. The summed E-state index contributed by atoms with van der Waals surface area (Å²) in [6, 6.07) is 1.47. The topological polar surface area (TPSA) is 101 Å². The zero-order chi connectivity index (χ0) is 14.5. The van der Waals surface area contributed by atoms with Crippen molar-refractivity contribution in [3.8, 4) is 0 Å². The summed E-state index contributed by atoms with van der Waals surface area (Å²) in [6.07, 6.45) is 2.90. The first-order valence-corrected chi connectivity index (χ1v) is 5.50. The van der Waals surface area contributed by atoms with Crippen LogP contribution in [0.15, 0.2) is 18.3 Å². The standard InChI is InChI=1S/C12H15N3O4/c1-12(2,3)19-11(18)15-9-6-7-13-8(14-9)4-5-10(16)17/h4-7H,1-3H3,(H,16,17)(H,13,14,15,18). The zero-order valence-electron chi connectivity index (χ0n) is 10.9. The van der Waals surface area contributed by atoms with Crippen molar-refractivity contribution in [2.45, 2.75) is 26.4 Å². The van der Waals surface area contributed by atoms with Crippen LogP contribution < -0.4 is 5.32 Å². The minimum Gasteiger partial charge on any atom is -0.478 e. The van der Waals surface area contributed by atoms with Gasteiger partial charge >= 0.3 is 12.1 Å². The van der Waals surface area contributed by atoms with Crippen LogP contribution >= 0.6 is 0 Å². The molecule has 1 amide bonds. The molecule has 0 unspecified atom stereocenters. The molecule has 0 saturated heterocycles. The lowest BCUT2D eigenvalue weighted by molar-refractivity contribution is -0.131. The van der Waals surface area contributed by atoms with Crippen molar-refractivity contribution in [2.24, 2.45) is 0 Å². The van der Waals surface area contributed by atoms with Crippen molar-refractivity contribution in [2.75, 3.05) is 5.32 Å². The van der Waals surface area contributed by atoms with E-state index in [9.17, 15) is 9.59 Å². The summed E-state index contributed by atoms with van der Waals surface area (Å²) in [5.41, 5.74) is -0.608. The van der Waals surface area contributed by atoms with Gasteiger partial charge in [0.1, 0.15) is 11.4 Å². The second-order valence-electron chi connectivity index (χ2n) is 4.60. The summed E-state index contributed by atoms with van der Waals surface area (Å²) in [5.74, 6) is -0.695. The zero-order valence-corrected chi connectivity index (χ0v) is 10.9. The van der Waals surface area contributed by atoms with Gasteiger partial charge in [0.05, 0.1) is 0 Å². The van der Waals surface area contributed by atoms with E-state index in [1.54, 1.807) is 20.8 Å². The third-order valence-corrected chi connectivity index (χ3v) is 1.68. The van der Waals surface area contributed by atoms with Gasteiger partial charge in [-0.15, -0.1) is 0 Å². The molecule has 7 heteroatoms. The average Bonchev–Trinajstić information content (AvgIpc) is 2.24. The lowest BCUT2D eigenvalue weighted by Crippen LogP contribution is -2.27. The smallest absolute Gasteiger partial charge is 0.413 e. The van der Waals surface area contributed by atoms with Crippen LogP contribution in [0.3, 0.4) is 0 Å². The Balaban J connectivity index is 2.72. The Morgan fingerprint density at radius 1 is 1.42 bits per heavy atom. The van der Waals surface area contributed by atoms with Crippen LogP contribution in [-0.4, -0.2) is 32.7 Å². The summed E-state index contributed by atoms with van der Waals surface area (Å²) in [6.45, 7) is 5.23. The number of hydrogen-bond donors (Lipinski definition) is 2. The van der Waals surface area contributed by atoms with Crippen LogP contribution in [-0.2, 0) is 9.53 Å². The summed E-state index contributed by atoms with van der Waals surface area (Å²) in [4.78, 5) is 29.6. The predicted molar refractivity (Wildman–Crippen MR) is 68.6 cm³/mol. The number of carbonyl (C=O) groups excluding carboxylic acids is 1.